The highest BCUT2D eigenvalue weighted by Gasteiger charge is 2.30. The average Bonchev–Trinajstić information content (AvgIpc) is 2.12. The van der Waals surface area contributed by atoms with E-state index in [9.17, 15) is 5.11 Å². The highest BCUT2D eigenvalue weighted by Crippen LogP contribution is 2.29. The van der Waals surface area contributed by atoms with Gasteiger partial charge in [0.05, 0.1) is 0 Å². The molecule has 0 unspecified atom stereocenters. The van der Waals surface area contributed by atoms with Crippen molar-refractivity contribution in [1.29, 1.82) is 0 Å². The topological polar surface area (TPSA) is 52.5 Å². The van der Waals surface area contributed by atoms with Crippen molar-refractivity contribution in [2.75, 3.05) is 13.2 Å². The molecule has 13 heavy (non-hydrogen) atoms. The fourth-order valence-corrected chi connectivity index (χ4v) is 1.82. The van der Waals surface area contributed by atoms with E-state index in [1.54, 1.807) is 0 Å². The summed E-state index contributed by atoms with van der Waals surface area (Å²) in [4.78, 5) is 0. The van der Waals surface area contributed by atoms with Crippen molar-refractivity contribution in [2.45, 2.75) is 44.8 Å². The third kappa shape index (κ3) is 3.63. The number of rotatable bonds is 4. The van der Waals surface area contributed by atoms with E-state index in [-0.39, 0.29) is 6.61 Å². The molecule has 0 saturated heterocycles. The lowest BCUT2D eigenvalue weighted by molar-refractivity contribution is -0.0379. The summed E-state index contributed by atoms with van der Waals surface area (Å²) < 4.78 is 0. The van der Waals surface area contributed by atoms with Crippen LogP contribution in [0.5, 0.6) is 0 Å². The predicted molar refractivity (Wildman–Crippen MR) is 52.3 cm³/mol. The monoisotopic (exact) mass is 187 g/mol. The van der Waals surface area contributed by atoms with E-state index in [4.69, 9.17) is 5.11 Å². The van der Waals surface area contributed by atoms with Crippen molar-refractivity contribution < 1.29 is 10.2 Å². The third-order valence-corrected chi connectivity index (χ3v) is 2.89. The van der Waals surface area contributed by atoms with E-state index in [2.05, 4.69) is 12.2 Å². The molecule has 0 aromatic heterocycles. The Bertz CT molecular complexity index is 142. The first kappa shape index (κ1) is 11.0. The van der Waals surface area contributed by atoms with Gasteiger partial charge >= 0.3 is 0 Å². The summed E-state index contributed by atoms with van der Waals surface area (Å²) in [5.41, 5.74) is -0.651. The number of aliphatic hydroxyl groups excluding tert-OH is 1. The fraction of sp³-hybridized carbons (Fsp3) is 1.00. The van der Waals surface area contributed by atoms with Crippen LogP contribution in [0.4, 0.5) is 0 Å². The normalized spacial score (nSPS) is 34.8. The lowest BCUT2D eigenvalue weighted by Crippen LogP contribution is -2.48. The molecule has 3 nitrogen and oxygen atoms in total. The van der Waals surface area contributed by atoms with E-state index in [1.807, 2.05) is 0 Å². The SMILES string of the molecule is CC1CCC(O)(NCCCO)CC1. The van der Waals surface area contributed by atoms with Gasteiger partial charge in [0.1, 0.15) is 5.72 Å². The average molecular weight is 187 g/mol. The third-order valence-electron chi connectivity index (χ3n) is 2.89. The van der Waals surface area contributed by atoms with Crippen molar-refractivity contribution in [3.05, 3.63) is 0 Å². The minimum Gasteiger partial charge on any atom is -0.396 e. The molecule has 0 heterocycles. The zero-order chi connectivity index (χ0) is 9.73. The quantitative estimate of drug-likeness (QED) is 0.452. The summed E-state index contributed by atoms with van der Waals surface area (Å²) in [5, 5.41) is 21.7. The molecular formula is C10H21NO2. The largest absolute Gasteiger partial charge is 0.396 e. The maximum atomic E-state index is 10.0. The van der Waals surface area contributed by atoms with Crippen molar-refractivity contribution in [3.8, 4) is 0 Å². The van der Waals surface area contributed by atoms with Crippen LogP contribution in [-0.4, -0.2) is 29.1 Å². The molecule has 0 amide bonds. The molecule has 0 aromatic carbocycles. The van der Waals surface area contributed by atoms with E-state index in [1.165, 1.54) is 0 Å². The molecular weight excluding hydrogens is 166 g/mol. The van der Waals surface area contributed by atoms with Crippen molar-refractivity contribution in [1.82, 2.24) is 5.32 Å². The van der Waals surface area contributed by atoms with Gasteiger partial charge in [-0.3, -0.25) is 5.32 Å². The predicted octanol–water partition coefficient (Wildman–Crippen LogP) is 0.857. The molecule has 0 aromatic rings. The Balaban J connectivity index is 2.22. The molecule has 1 rings (SSSR count). The zero-order valence-electron chi connectivity index (χ0n) is 8.42. The van der Waals surface area contributed by atoms with Crippen LogP contribution in [-0.2, 0) is 0 Å². The van der Waals surface area contributed by atoms with Gasteiger partial charge in [-0.15, -0.1) is 0 Å². The van der Waals surface area contributed by atoms with Gasteiger partial charge in [-0.05, 0) is 44.6 Å². The summed E-state index contributed by atoms with van der Waals surface area (Å²) in [6, 6.07) is 0. The van der Waals surface area contributed by atoms with E-state index in [0.29, 0.717) is 6.54 Å². The second kappa shape index (κ2) is 4.94. The fourth-order valence-electron chi connectivity index (χ4n) is 1.82. The summed E-state index contributed by atoms with van der Waals surface area (Å²) in [6.07, 6.45) is 4.61. The first-order chi connectivity index (χ1) is 6.16. The minimum atomic E-state index is -0.651. The molecule has 0 atom stereocenters. The molecule has 0 radical (unpaired) electrons. The molecule has 0 bridgehead atoms. The Kier molecular flexibility index (Phi) is 4.16. The van der Waals surface area contributed by atoms with Crippen LogP contribution in [0.15, 0.2) is 0 Å². The smallest absolute Gasteiger partial charge is 0.116 e. The maximum Gasteiger partial charge on any atom is 0.116 e. The summed E-state index contributed by atoms with van der Waals surface area (Å²) in [5.74, 6) is 0.750. The second-order valence-corrected chi connectivity index (χ2v) is 4.22. The Labute approximate surface area is 80.2 Å². The van der Waals surface area contributed by atoms with Gasteiger partial charge in [0.15, 0.2) is 0 Å². The minimum absolute atomic E-state index is 0.194. The summed E-state index contributed by atoms with van der Waals surface area (Å²) in [6.45, 7) is 3.13. The van der Waals surface area contributed by atoms with E-state index >= 15 is 0 Å². The second-order valence-electron chi connectivity index (χ2n) is 4.22. The van der Waals surface area contributed by atoms with Gasteiger partial charge in [0.25, 0.3) is 0 Å². The number of aliphatic hydroxyl groups is 2. The molecule has 1 saturated carbocycles. The molecule has 0 spiro atoms. The van der Waals surface area contributed by atoms with Crippen molar-refractivity contribution in [2.24, 2.45) is 5.92 Å². The molecule has 3 heteroatoms. The van der Waals surface area contributed by atoms with Crippen LogP contribution in [0, 0.1) is 5.92 Å². The molecule has 1 aliphatic carbocycles. The van der Waals surface area contributed by atoms with Gasteiger partial charge in [0, 0.05) is 6.61 Å². The van der Waals surface area contributed by atoms with E-state index < -0.39 is 5.72 Å². The van der Waals surface area contributed by atoms with Gasteiger partial charge in [-0.25, -0.2) is 0 Å². The molecule has 0 aliphatic heterocycles. The van der Waals surface area contributed by atoms with Crippen LogP contribution >= 0.6 is 0 Å². The van der Waals surface area contributed by atoms with Crippen molar-refractivity contribution in [3.63, 3.8) is 0 Å². The lowest BCUT2D eigenvalue weighted by atomic mass is 9.84. The van der Waals surface area contributed by atoms with Gasteiger partial charge < -0.3 is 10.2 Å². The Morgan fingerprint density at radius 2 is 2.00 bits per heavy atom. The number of hydrogen-bond acceptors (Lipinski definition) is 3. The Hall–Kier alpha value is -0.120. The summed E-state index contributed by atoms with van der Waals surface area (Å²) >= 11 is 0. The van der Waals surface area contributed by atoms with Gasteiger partial charge in [0.2, 0.25) is 0 Å². The first-order valence-electron chi connectivity index (χ1n) is 5.24. The molecule has 1 aliphatic rings. The van der Waals surface area contributed by atoms with Crippen molar-refractivity contribution >= 4 is 0 Å². The van der Waals surface area contributed by atoms with Crippen LogP contribution in [0.25, 0.3) is 0 Å². The molecule has 3 N–H and O–H groups in total. The highest BCUT2D eigenvalue weighted by molar-refractivity contribution is 4.81. The highest BCUT2D eigenvalue weighted by atomic mass is 16.3. The summed E-state index contributed by atoms with van der Waals surface area (Å²) in [7, 11) is 0. The first-order valence-corrected chi connectivity index (χ1v) is 5.24. The molecule has 1 fully saturated rings. The van der Waals surface area contributed by atoms with Crippen LogP contribution < -0.4 is 5.32 Å². The number of hydrogen-bond donors (Lipinski definition) is 3. The van der Waals surface area contributed by atoms with Gasteiger partial charge in [-0.1, -0.05) is 6.92 Å². The standard InChI is InChI=1S/C10H21NO2/c1-9-3-5-10(13,6-4-9)11-7-2-8-12/h9,11-13H,2-8H2,1H3. The van der Waals surface area contributed by atoms with E-state index in [0.717, 1.165) is 38.0 Å². The lowest BCUT2D eigenvalue weighted by Gasteiger charge is -2.35. The van der Waals surface area contributed by atoms with Crippen LogP contribution in [0.3, 0.4) is 0 Å². The Morgan fingerprint density at radius 1 is 1.38 bits per heavy atom. The van der Waals surface area contributed by atoms with Gasteiger partial charge in [-0.2, -0.15) is 0 Å². The van der Waals surface area contributed by atoms with Crippen LogP contribution in [0.2, 0.25) is 0 Å². The number of nitrogens with one attached hydrogen (secondary N) is 1. The van der Waals surface area contributed by atoms with Crippen LogP contribution in [0.1, 0.15) is 39.0 Å². The zero-order valence-corrected chi connectivity index (χ0v) is 8.42. The Morgan fingerprint density at radius 3 is 2.54 bits per heavy atom. The maximum absolute atomic E-state index is 10.0. The molecule has 78 valence electrons.